The lowest BCUT2D eigenvalue weighted by molar-refractivity contribution is 0.1000. The zero-order chi connectivity index (χ0) is 11.2. The van der Waals surface area contributed by atoms with Gasteiger partial charge in [0.1, 0.15) is 5.75 Å². The molecular weight excluding hydrogens is 202 g/mol. The minimum atomic E-state index is -0.358. The van der Waals surface area contributed by atoms with Gasteiger partial charge in [0.25, 0.3) is 0 Å². The average molecular weight is 217 g/mol. The van der Waals surface area contributed by atoms with E-state index in [1.54, 1.807) is 6.07 Å². The number of fused-ring (bicyclic) bond motifs is 2. The van der Waals surface area contributed by atoms with Crippen molar-refractivity contribution < 1.29 is 9.53 Å². The molecule has 3 heteroatoms. The minimum absolute atomic E-state index is 0.167. The molecule has 2 aliphatic rings. The minimum Gasteiger partial charge on any atom is -0.492 e. The number of primary amides is 1. The molecule has 1 saturated carbocycles. The first kappa shape index (κ1) is 9.70. The SMILES string of the molecule is NC(=O)c1ccc2c(c1)C1(CCCC1)CO2. The normalized spacial score (nSPS) is 20.8. The highest BCUT2D eigenvalue weighted by atomic mass is 16.5. The summed E-state index contributed by atoms with van der Waals surface area (Å²) in [5.41, 5.74) is 7.27. The molecule has 1 amide bonds. The molecule has 84 valence electrons. The van der Waals surface area contributed by atoms with Gasteiger partial charge in [-0.05, 0) is 31.0 Å². The first-order chi connectivity index (χ1) is 7.71. The second-order valence-corrected chi connectivity index (χ2v) is 4.85. The van der Waals surface area contributed by atoms with Crippen molar-refractivity contribution in [1.29, 1.82) is 0 Å². The van der Waals surface area contributed by atoms with Crippen LogP contribution < -0.4 is 10.5 Å². The summed E-state index contributed by atoms with van der Waals surface area (Å²) < 4.78 is 5.72. The average Bonchev–Trinajstić information content (AvgIpc) is 2.88. The quantitative estimate of drug-likeness (QED) is 0.782. The van der Waals surface area contributed by atoms with Gasteiger partial charge in [-0.3, -0.25) is 4.79 Å². The summed E-state index contributed by atoms with van der Waals surface area (Å²) in [5.74, 6) is 0.578. The van der Waals surface area contributed by atoms with E-state index in [9.17, 15) is 4.79 Å². The van der Waals surface area contributed by atoms with Crippen LogP contribution in [0.25, 0.3) is 0 Å². The maximum Gasteiger partial charge on any atom is 0.248 e. The van der Waals surface area contributed by atoms with E-state index in [1.807, 2.05) is 12.1 Å². The molecule has 1 aromatic rings. The lowest BCUT2D eigenvalue weighted by Gasteiger charge is -2.21. The van der Waals surface area contributed by atoms with Crippen LogP contribution in [0.15, 0.2) is 18.2 Å². The number of rotatable bonds is 1. The largest absolute Gasteiger partial charge is 0.492 e. The maximum atomic E-state index is 11.2. The molecule has 1 heterocycles. The highest BCUT2D eigenvalue weighted by molar-refractivity contribution is 5.93. The summed E-state index contributed by atoms with van der Waals surface area (Å²) in [4.78, 5) is 11.2. The first-order valence-corrected chi connectivity index (χ1v) is 5.78. The molecule has 1 aromatic carbocycles. The second kappa shape index (κ2) is 3.24. The van der Waals surface area contributed by atoms with Gasteiger partial charge in [-0.2, -0.15) is 0 Å². The van der Waals surface area contributed by atoms with E-state index in [1.165, 1.54) is 31.2 Å². The Morgan fingerprint density at radius 3 is 2.75 bits per heavy atom. The van der Waals surface area contributed by atoms with Gasteiger partial charge in [0.05, 0.1) is 6.61 Å². The molecule has 1 fully saturated rings. The van der Waals surface area contributed by atoms with E-state index in [0.29, 0.717) is 5.56 Å². The molecule has 0 saturated heterocycles. The third kappa shape index (κ3) is 1.24. The van der Waals surface area contributed by atoms with Crippen LogP contribution in [-0.2, 0) is 5.41 Å². The van der Waals surface area contributed by atoms with Crippen LogP contribution >= 0.6 is 0 Å². The van der Waals surface area contributed by atoms with Gasteiger partial charge >= 0.3 is 0 Å². The number of amides is 1. The van der Waals surface area contributed by atoms with Crippen molar-refractivity contribution >= 4 is 5.91 Å². The predicted molar refractivity (Wildman–Crippen MR) is 60.6 cm³/mol. The Morgan fingerprint density at radius 1 is 1.31 bits per heavy atom. The summed E-state index contributed by atoms with van der Waals surface area (Å²) >= 11 is 0. The van der Waals surface area contributed by atoms with Gasteiger partial charge in [0.2, 0.25) is 5.91 Å². The Hall–Kier alpha value is -1.51. The van der Waals surface area contributed by atoms with Crippen LogP contribution in [0.1, 0.15) is 41.6 Å². The molecule has 0 aromatic heterocycles. The van der Waals surface area contributed by atoms with E-state index < -0.39 is 0 Å². The molecule has 1 spiro atoms. The summed E-state index contributed by atoms with van der Waals surface area (Å²) in [6.45, 7) is 0.768. The molecule has 0 radical (unpaired) electrons. The number of nitrogens with two attached hydrogens (primary N) is 1. The van der Waals surface area contributed by atoms with Crippen LogP contribution in [0.5, 0.6) is 5.75 Å². The molecule has 2 N–H and O–H groups in total. The van der Waals surface area contributed by atoms with Crippen molar-refractivity contribution in [2.75, 3.05) is 6.61 Å². The zero-order valence-corrected chi connectivity index (χ0v) is 9.16. The van der Waals surface area contributed by atoms with Crippen molar-refractivity contribution in [2.24, 2.45) is 5.73 Å². The van der Waals surface area contributed by atoms with Crippen LogP contribution in [0.2, 0.25) is 0 Å². The van der Waals surface area contributed by atoms with Gasteiger partial charge < -0.3 is 10.5 Å². The van der Waals surface area contributed by atoms with Crippen LogP contribution in [-0.4, -0.2) is 12.5 Å². The second-order valence-electron chi connectivity index (χ2n) is 4.85. The van der Waals surface area contributed by atoms with E-state index in [2.05, 4.69) is 0 Å². The number of carbonyl (C=O) groups is 1. The van der Waals surface area contributed by atoms with Crippen LogP contribution in [0, 0.1) is 0 Å². The van der Waals surface area contributed by atoms with Gasteiger partial charge in [-0.1, -0.05) is 12.8 Å². The van der Waals surface area contributed by atoms with E-state index in [4.69, 9.17) is 10.5 Å². The fourth-order valence-electron chi connectivity index (χ4n) is 2.98. The number of hydrogen-bond donors (Lipinski definition) is 1. The number of ether oxygens (including phenoxy) is 1. The highest BCUT2D eigenvalue weighted by Gasteiger charge is 2.42. The van der Waals surface area contributed by atoms with Crippen LogP contribution in [0.4, 0.5) is 0 Å². The smallest absolute Gasteiger partial charge is 0.248 e. The van der Waals surface area contributed by atoms with Gasteiger partial charge in [0.15, 0.2) is 0 Å². The number of hydrogen-bond acceptors (Lipinski definition) is 2. The monoisotopic (exact) mass is 217 g/mol. The number of benzene rings is 1. The first-order valence-electron chi connectivity index (χ1n) is 5.78. The third-order valence-corrected chi connectivity index (χ3v) is 3.90. The molecule has 1 aliphatic heterocycles. The molecule has 16 heavy (non-hydrogen) atoms. The zero-order valence-electron chi connectivity index (χ0n) is 9.16. The molecule has 3 nitrogen and oxygen atoms in total. The Kier molecular flexibility index (Phi) is 1.96. The molecule has 0 atom stereocenters. The molecule has 1 aliphatic carbocycles. The summed E-state index contributed by atoms with van der Waals surface area (Å²) in [6.07, 6.45) is 4.84. The third-order valence-electron chi connectivity index (χ3n) is 3.90. The molecule has 0 unspecified atom stereocenters. The van der Waals surface area contributed by atoms with Gasteiger partial charge in [-0.15, -0.1) is 0 Å². The van der Waals surface area contributed by atoms with Crippen molar-refractivity contribution in [2.45, 2.75) is 31.1 Å². The summed E-state index contributed by atoms with van der Waals surface area (Å²) in [5, 5.41) is 0. The van der Waals surface area contributed by atoms with Gasteiger partial charge in [-0.25, -0.2) is 0 Å². The van der Waals surface area contributed by atoms with Crippen molar-refractivity contribution in [1.82, 2.24) is 0 Å². The van der Waals surface area contributed by atoms with Crippen molar-refractivity contribution in [3.63, 3.8) is 0 Å². The highest BCUT2D eigenvalue weighted by Crippen LogP contribution is 2.49. The summed E-state index contributed by atoms with van der Waals surface area (Å²) in [7, 11) is 0. The lowest BCUT2D eigenvalue weighted by Crippen LogP contribution is -2.24. The Morgan fingerprint density at radius 2 is 2.06 bits per heavy atom. The molecular formula is C13H15NO2. The standard InChI is InChI=1S/C13H15NO2/c14-12(15)9-3-4-11-10(7-9)13(8-16-11)5-1-2-6-13/h3-4,7H,1-2,5-6,8H2,(H2,14,15). The molecule has 0 bridgehead atoms. The number of carbonyl (C=O) groups excluding carboxylic acids is 1. The van der Waals surface area contributed by atoms with Crippen molar-refractivity contribution in [3.8, 4) is 5.75 Å². The predicted octanol–water partition coefficient (Wildman–Crippen LogP) is 1.99. The van der Waals surface area contributed by atoms with E-state index in [-0.39, 0.29) is 11.3 Å². The topological polar surface area (TPSA) is 52.3 Å². The lowest BCUT2D eigenvalue weighted by atomic mass is 9.80. The maximum absolute atomic E-state index is 11.2. The van der Waals surface area contributed by atoms with Gasteiger partial charge in [0, 0.05) is 16.5 Å². The van der Waals surface area contributed by atoms with Crippen LogP contribution in [0.3, 0.4) is 0 Å². The Labute approximate surface area is 94.6 Å². The Balaban J connectivity index is 2.09. The van der Waals surface area contributed by atoms with E-state index >= 15 is 0 Å². The fraction of sp³-hybridized carbons (Fsp3) is 0.462. The molecule has 3 rings (SSSR count). The van der Waals surface area contributed by atoms with E-state index in [0.717, 1.165) is 12.4 Å². The fourth-order valence-corrected chi connectivity index (χ4v) is 2.98. The summed E-state index contributed by atoms with van der Waals surface area (Å²) in [6, 6.07) is 5.55. The van der Waals surface area contributed by atoms with Crippen molar-refractivity contribution in [3.05, 3.63) is 29.3 Å². The Bertz CT molecular complexity index is 447.